The number of nitrogens with zero attached hydrogens (tertiary/aromatic N) is 1. The maximum absolute atomic E-state index is 12.3. The Morgan fingerprint density at radius 1 is 1.55 bits per heavy atom. The van der Waals surface area contributed by atoms with E-state index in [0.717, 1.165) is 30.8 Å². The van der Waals surface area contributed by atoms with Crippen molar-refractivity contribution in [2.45, 2.75) is 17.4 Å². The normalized spacial score (nSPS) is 18.6. The number of halogens is 1. The first-order chi connectivity index (χ1) is 8.95. The molecule has 114 valence electrons. The van der Waals surface area contributed by atoms with Gasteiger partial charge in [0.15, 0.2) is 0 Å². The molecule has 1 aliphatic heterocycles. The highest BCUT2D eigenvalue weighted by molar-refractivity contribution is 7.89. The van der Waals surface area contributed by atoms with Crippen LogP contribution in [-0.2, 0) is 10.0 Å². The molecule has 0 radical (unpaired) electrons. The van der Waals surface area contributed by atoms with Gasteiger partial charge < -0.3 is 10.2 Å². The number of carbonyl (C=O) groups excluding carboxylic acids is 1. The van der Waals surface area contributed by atoms with Gasteiger partial charge in [-0.05, 0) is 26.1 Å². The molecule has 1 atom stereocenters. The summed E-state index contributed by atoms with van der Waals surface area (Å²) in [6.07, 6.45) is 0.926. The molecule has 1 unspecified atom stereocenters. The van der Waals surface area contributed by atoms with E-state index in [0.29, 0.717) is 4.88 Å². The molecule has 0 bridgehead atoms. The van der Waals surface area contributed by atoms with Crippen molar-refractivity contribution >= 4 is 39.7 Å². The topological polar surface area (TPSA) is 78.5 Å². The van der Waals surface area contributed by atoms with Gasteiger partial charge in [-0.3, -0.25) is 4.79 Å². The quantitative estimate of drug-likeness (QED) is 0.838. The molecule has 2 rings (SSSR count). The van der Waals surface area contributed by atoms with Gasteiger partial charge in [-0.2, -0.15) is 0 Å². The lowest BCUT2D eigenvalue weighted by molar-refractivity contribution is 0.0748. The molecule has 1 fully saturated rings. The van der Waals surface area contributed by atoms with E-state index in [1.165, 1.54) is 18.5 Å². The van der Waals surface area contributed by atoms with Crippen molar-refractivity contribution in [3.8, 4) is 0 Å². The molecule has 2 N–H and O–H groups in total. The Morgan fingerprint density at radius 2 is 2.25 bits per heavy atom. The number of carbonyl (C=O) groups is 1. The Labute approximate surface area is 129 Å². The Balaban J connectivity index is 0.00000200. The fourth-order valence-corrected chi connectivity index (χ4v) is 3.98. The number of hydrogen-bond acceptors (Lipinski definition) is 5. The minimum Gasteiger partial charge on any atom is -0.337 e. The van der Waals surface area contributed by atoms with E-state index in [2.05, 4.69) is 10.0 Å². The van der Waals surface area contributed by atoms with Gasteiger partial charge in [0, 0.05) is 25.0 Å². The third-order valence-electron chi connectivity index (χ3n) is 3.27. The van der Waals surface area contributed by atoms with E-state index in [-0.39, 0.29) is 29.3 Å². The van der Waals surface area contributed by atoms with Gasteiger partial charge in [-0.15, -0.1) is 23.7 Å². The van der Waals surface area contributed by atoms with Crippen LogP contribution < -0.4 is 10.0 Å². The first-order valence-corrected chi connectivity index (χ1v) is 8.32. The van der Waals surface area contributed by atoms with E-state index in [1.54, 1.807) is 11.9 Å². The number of likely N-dealkylation sites (N-methyl/N-ethyl adjacent to an activating group) is 1. The van der Waals surface area contributed by atoms with E-state index >= 15 is 0 Å². The molecule has 6 nitrogen and oxygen atoms in total. The van der Waals surface area contributed by atoms with Gasteiger partial charge in [0.1, 0.15) is 0 Å². The molecule has 0 aliphatic carbocycles. The van der Waals surface area contributed by atoms with Gasteiger partial charge in [-0.25, -0.2) is 13.1 Å². The number of thiophene rings is 1. The van der Waals surface area contributed by atoms with Crippen molar-refractivity contribution < 1.29 is 13.2 Å². The zero-order chi connectivity index (χ0) is 14.0. The summed E-state index contributed by atoms with van der Waals surface area (Å²) in [6.45, 7) is 1.70. The summed E-state index contributed by atoms with van der Waals surface area (Å²) in [7, 11) is -0.370. The predicted molar refractivity (Wildman–Crippen MR) is 81.2 cm³/mol. The molecular weight excluding hydrogens is 322 g/mol. The first kappa shape index (κ1) is 17.4. The maximum atomic E-state index is 12.3. The zero-order valence-corrected chi connectivity index (χ0v) is 13.7. The molecule has 1 aliphatic rings. The van der Waals surface area contributed by atoms with Crippen LogP contribution in [0.1, 0.15) is 16.1 Å². The molecule has 1 amide bonds. The number of rotatable bonds is 4. The summed E-state index contributed by atoms with van der Waals surface area (Å²) in [5, 5.41) is 4.69. The van der Waals surface area contributed by atoms with Crippen molar-refractivity contribution in [1.29, 1.82) is 0 Å². The van der Waals surface area contributed by atoms with E-state index in [9.17, 15) is 13.2 Å². The number of amides is 1. The standard InChI is InChI=1S/C11H17N3O3S2.ClH/c1-12-19(16,17)9-5-10(18-7-9)11(15)14(2)8-3-4-13-6-8;/h5,7-8,12-13H,3-4,6H2,1-2H3;1H. The highest BCUT2D eigenvalue weighted by Gasteiger charge is 2.26. The van der Waals surface area contributed by atoms with Gasteiger partial charge in [0.2, 0.25) is 10.0 Å². The second kappa shape index (κ2) is 6.86. The monoisotopic (exact) mass is 339 g/mol. The van der Waals surface area contributed by atoms with Crippen LogP contribution in [-0.4, -0.2) is 52.5 Å². The summed E-state index contributed by atoms with van der Waals surface area (Å²) in [5.74, 6) is -0.128. The molecule has 0 aromatic carbocycles. The number of nitrogens with one attached hydrogen (secondary N) is 2. The van der Waals surface area contributed by atoms with Crippen LogP contribution in [0.2, 0.25) is 0 Å². The van der Waals surface area contributed by atoms with E-state index in [4.69, 9.17) is 0 Å². The number of sulfonamides is 1. The molecule has 0 spiro atoms. The highest BCUT2D eigenvalue weighted by atomic mass is 35.5. The fraction of sp³-hybridized carbons (Fsp3) is 0.545. The van der Waals surface area contributed by atoms with Crippen LogP contribution in [0.4, 0.5) is 0 Å². The molecular formula is C11H18ClN3O3S2. The van der Waals surface area contributed by atoms with Crippen LogP contribution in [0.25, 0.3) is 0 Å². The summed E-state index contributed by atoms with van der Waals surface area (Å²) in [6, 6.07) is 1.61. The third-order valence-corrected chi connectivity index (χ3v) is 5.73. The SMILES string of the molecule is CNS(=O)(=O)c1csc(C(=O)N(C)C2CCNC2)c1.Cl. The van der Waals surface area contributed by atoms with E-state index < -0.39 is 10.0 Å². The lowest BCUT2D eigenvalue weighted by Crippen LogP contribution is -2.38. The minimum atomic E-state index is -3.48. The molecule has 20 heavy (non-hydrogen) atoms. The number of hydrogen-bond donors (Lipinski definition) is 2. The minimum absolute atomic E-state index is 0. The van der Waals surface area contributed by atoms with Crippen molar-refractivity contribution in [2.24, 2.45) is 0 Å². The summed E-state index contributed by atoms with van der Waals surface area (Å²) >= 11 is 1.16. The van der Waals surface area contributed by atoms with Crippen LogP contribution in [0, 0.1) is 0 Å². The second-order valence-electron chi connectivity index (χ2n) is 4.42. The fourth-order valence-electron chi connectivity index (χ4n) is 2.00. The zero-order valence-electron chi connectivity index (χ0n) is 11.3. The third kappa shape index (κ3) is 3.50. The summed E-state index contributed by atoms with van der Waals surface area (Å²) in [5.41, 5.74) is 0. The molecule has 0 saturated carbocycles. The molecule has 1 aromatic rings. The van der Waals surface area contributed by atoms with E-state index in [1.807, 2.05) is 0 Å². The maximum Gasteiger partial charge on any atom is 0.263 e. The van der Waals surface area contributed by atoms with Crippen LogP contribution in [0.15, 0.2) is 16.3 Å². The first-order valence-electron chi connectivity index (χ1n) is 5.95. The summed E-state index contributed by atoms with van der Waals surface area (Å²) < 4.78 is 25.5. The van der Waals surface area contributed by atoms with Gasteiger partial charge in [-0.1, -0.05) is 0 Å². The molecule has 1 aromatic heterocycles. The lowest BCUT2D eigenvalue weighted by Gasteiger charge is -2.22. The Kier molecular flexibility index (Phi) is 5.96. The molecule has 2 heterocycles. The van der Waals surface area contributed by atoms with Crippen molar-refractivity contribution in [2.75, 3.05) is 27.2 Å². The van der Waals surface area contributed by atoms with Gasteiger partial charge in [0.05, 0.1) is 9.77 Å². The Morgan fingerprint density at radius 3 is 2.80 bits per heavy atom. The van der Waals surface area contributed by atoms with Crippen molar-refractivity contribution in [3.05, 3.63) is 16.3 Å². The molecule has 1 saturated heterocycles. The van der Waals surface area contributed by atoms with Crippen LogP contribution in [0.3, 0.4) is 0 Å². The Bertz CT molecular complexity index is 567. The van der Waals surface area contributed by atoms with Crippen LogP contribution in [0.5, 0.6) is 0 Å². The van der Waals surface area contributed by atoms with Crippen molar-refractivity contribution in [1.82, 2.24) is 14.9 Å². The summed E-state index contributed by atoms with van der Waals surface area (Å²) in [4.78, 5) is 14.5. The predicted octanol–water partition coefficient (Wildman–Crippen LogP) is 0.512. The lowest BCUT2D eigenvalue weighted by atomic mass is 10.2. The second-order valence-corrected chi connectivity index (χ2v) is 7.21. The van der Waals surface area contributed by atoms with Gasteiger partial charge >= 0.3 is 0 Å². The van der Waals surface area contributed by atoms with Crippen molar-refractivity contribution in [3.63, 3.8) is 0 Å². The van der Waals surface area contributed by atoms with Crippen LogP contribution >= 0.6 is 23.7 Å². The average molecular weight is 340 g/mol. The highest BCUT2D eigenvalue weighted by Crippen LogP contribution is 2.21. The average Bonchev–Trinajstić information content (AvgIpc) is 3.07. The molecule has 9 heteroatoms. The Hall–Kier alpha value is -0.670. The smallest absolute Gasteiger partial charge is 0.263 e. The largest absolute Gasteiger partial charge is 0.337 e. The van der Waals surface area contributed by atoms with Gasteiger partial charge in [0.25, 0.3) is 5.91 Å².